The van der Waals surface area contributed by atoms with Gasteiger partial charge >= 0.3 is 0 Å². The number of sulfonamides is 1. The Morgan fingerprint density at radius 3 is 2.89 bits per heavy atom. The Labute approximate surface area is 105 Å². The Morgan fingerprint density at radius 2 is 2.22 bits per heavy atom. The van der Waals surface area contributed by atoms with Crippen LogP contribution in [0.3, 0.4) is 0 Å². The van der Waals surface area contributed by atoms with Gasteiger partial charge in [0.15, 0.2) is 5.75 Å². The Hall–Kier alpha value is -2.09. The summed E-state index contributed by atoms with van der Waals surface area (Å²) in [6, 6.07) is 6.23. The number of aliphatic hydroxyl groups is 1. The zero-order valence-corrected chi connectivity index (χ0v) is 10.2. The molecule has 1 rings (SSSR count). The molecule has 2 N–H and O–H groups in total. The van der Waals surface area contributed by atoms with Crippen molar-refractivity contribution in [2.45, 2.75) is 6.42 Å². The fraction of sp³-hybridized carbons (Fsp3) is 0.273. The molecule has 18 heavy (non-hydrogen) atoms. The van der Waals surface area contributed by atoms with E-state index in [0.29, 0.717) is 12.1 Å². The number of rotatable bonds is 4. The van der Waals surface area contributed by atoms with Gasteiger partial charge in [-0.2, -0.15) is 5.26 Å². The SMILES string of the molecule is N#CCS(=O)(=O)Nc1cccc(C#CCCO)n1. The first kappa shape index (κ1) is 14.0. The van der Waals surface area contributed by atoms with Crippen molar-refractivity contribution in [3.63, 3.8) is 0 Å². The van der Waals surface area contributed by atoms with E-state index < -0.39 is 15.8 Å². The topological polar surface area (TPSA) is 103 Å². The van der Waals surface area contributed by atoms with Gasteiger partial charge < -0.3 is 5.11 Å². The number of aliphatic hydroxyl groups excluding tert-OH is 1. The number of nitrogens with zero attached hydrogens (tertiary/aromatic N) is 2. The van der Waals surface area contributed by atoms with Crippen LogP contribution in [0.15, 0.2) is 18.2 Å². The molecule has 0 amide bonds. The van der Waals surface area contributed by atoms with E-state index in [0.717, 1.165) is 0 Å². The minimum absolute atomic E-state index is 0.0402. The highest BCUT2D eigenvalue weighted by atomic mass is 32.2. The normalized spacial score (nSPS) is 10.0. The van der Waals surface area contributed by atoms with E-state index in [1.54, 1.807) is 18.2 Å². The van der Waals surface area contributed by atoms with Gasteiger partial charge in [0.1, 0.15) is 11.5 Å². The molecule has 0 fully saturated rings. The van der Waals surface area contributed by atoms with E-state index >= 15 is 0 Å². The molecule has 0 saturated heterocycles. The Balaban J connectivity index is 2.85. The van der Waals surface area contributed by atoms with E-state index in [2.05, 4.69) is 21.5 Å². The Bertz CT molecular complexity index is 608. The average Bonchev–Trinajstić information content (AvgIpc) is 2.29. The lowest BCUT2D eigenvalue weighted by Gasteiger charge is -2.03. The predicted molar refractivity (Wildman–Crippen MR) is 65.8 cm³/mol. The Kier molecular flexibility index (Phi) is 5.12. The fourth-order valence-electron chi connectivity index (χ4n) is 1.05. The molecule has 94 valence electrons. The number of hydrogen-bond donors (Lipinski definition) is 2. The lowest BCUT2D eigenvalue weighted by molar-refractivity contribution is 0.305. The average molecular weight is 265 g/mol. The second-order valence-corrected chi connectivity index (χ2v) is 4.93. The minimum atomic E-state index is -3.69. The molecule has 0 bridgehead atoms. The van der Waals surface area contributed by atoms with Crippen molar-refractivity contribution < 1.29 is 13.5 Å². The number of hydrogen-bond acceptors (Lipinski definition) is 5. The molecule has 0 radical (unpaired) electrons. The van der Waals surface area contributed by atoms with Crippen molar-refractivity contribution >= 4 is 15.8 Å². The van der Waals surface area contributed by atoms with Crippen LogP contribution >= 0.6 is 0 Å². The van der Waals surface area contributed by atoms with Crippen molar-refractivity contribution in [1.82, 2.24) is 4.98 Å². The first-order valence-corrected chi connectivity index (χ1v) is 6.67. The molecular formula is C11H11N3O3S. The first-order valence-electron chi connectivity index (χ1n) is 5.01. The number of nitrogens with one attached hydrogen (secondary N) is 1. The van der Waals surface area contributed by atoms with Crippen LogP contribution in [0.1, 0.15) is 12.1 Å². The van der Waals surface area contributed by atoms with Gasteiger partial charge in [0.05, 0.1) is 12.7 Å². The maximum absolute atomic E-state index is 11.3. The minimum Gasteiger partial charge on any atom is -0.395 e. The van der Waals surface area contributed by atoms with Crippen LogP contribution in [0.4, 0.5) is 5.82 Å². The molecule has 0 atom stereocenters. The summed E-state index contributed by atoms with van der Waals surface area (Å²) in [4.78, 5) is 3.96. The molecule has 0 aliphatic carbocycles. The molecule has 0 aromatic carbocycles. The number of anilines is 1. The molecule has 1 aromatic heterocycles. The zero-order valence-electron chi connectivity index (χ0n) is 9.42. The second kappa shape index (κ2) is 6.60. The van der Waals surface area contributed by atoms with Crippen molar-refractivity contribution in [1.29, 1.82) is 5.26 Å². The van der Waals surface area contributed by atoms with Crippen LogP contribution in [-0.4, -0.2) is 30.9 Å². The third-order valence-corrected chi connectivity index (χ3v) is 2.75. The van der Waals surface area contributed by atoms with Crippen LogP contribution < -0.4 is 4.72 Å². The standard InChI is InChI=1S/C11H11N3O3S/c12-7-9-18(16,17)14-11-6-3-5-10(13-11)4-1-2-8-15/h3,5-6,15H,2,8-9H2,(H,13,14). The van der Waals surface area contributed by atoms with E-state index in [1.165, 1.54) is 6.07 Å². The quantitative estimate of drug-likeness (QED) is 0.750. The highest BCUT2D eigenvalue weighted by Crippen LogP contribution is 2.06. The summed E-state index contributed by atoms with van der Waals surface area (Å²) in [6.07, 6.45) is 0.325. The lowest BCUT2D eigenvalue weighted by atomic mass is 10.3. The molecule has 0 aliphatic heterocycles. The van der Waals surface area contributed by atoms with Crippen LogP contribution in [-0.2, 0) is 10.0 Å². The van der Waals surface area contributed by atoms with E-state index in [1.807, 2.05) is 0 Å². The smallest absolute Gasteiger partial charge is 0.247 e. The van der Waals surface area contributed by atoms with Crippen molar-refractivity contribution in [2.24, 2.45) is 0 Å². The molecule has 1 aromatic rings. The van der Waals surface area contributed by atoms with Gasteiger partial charge in [-0.3, -0.25) is 4.72 Å². The largest absolute Gasteiger partial charge is 0.395 e. The number of nitriles is 1. The number of pyridine rings is 1. The first-order chi connectivity index (χ1) is 8.57. The van der Waals surface area contributed by atoms with Gasteiger partial charge in [0, 0.05) is 6.42 Å². The lowest BCUT2D eigenvalue weighted by Crippen LogP contribution is -2.16. The van der Waals surface area contributed by atoms with Crippen LogP contribution in [0.25, 0.3) is 0 Å². The van der Waals surface area contributed by atoms with Crippen LogP contribution in [0.2, 0.25) is 0 Å². The van der Waals surface area contributed by atoms with Crippen molar-refractivity contribution in [2.75, 3.05) is 17.1 Å². The molecule has 6 nitrogen and oxygen atoms in total. The highest BCUT2D eigenvalue weighted by molar-refractivity contribution is 7.92. The van der Waals surface area contributed by atoms with Gasteiger partial charge in [-0.05, 0) is 18.1 Å². The highest BCUT2D eigenvalue weighted by Gasteiger charge is 2.09. The zero-order chi connectivity index (χ0) is 13.4. The van der Waals surface area contributed by atoms with Crippen LogP contribution in [0.5, 0.6) is 0 Å². The molecular weight excluding hydrogens is 254 g/mol. The summed E-state index contributed by atoms with van der Waals surface area (Å²) in [7, 11) is -3.69. The van der Waals surface area contributed by atoms with Crippen molar-refractivity contribution in [3.05, 3.63) is 23.9 Å². The van der Waals surface area contributed by atoms with Crippen molar-refractivity contribution in [3.8, 4) is 17.9 Å². The summed E-state index contributed by atoms with van der Waals surface area (Å²) < 4.78 is 24.8. The van der Waals surface area contributed by atoms with Crippen LogP contribution in [0, 0.1) is 23.2 Å². The summed E-state index contributed by atoms with van der Waals surface area (Å²) in [5.41, 5.74) is 0.389. The predicted octanol–water partition coefficient (Wildman–Crippen LogP) is 0.0808. The summed E-state index contributed by atoms with van der Waals surface area (Å²) in [5.74, 6) is 4.84. The molecule has 0 saturated carbocycles. The summed E-state index contributed by atoms with van der Waals surface area (Å²) in [6.45, 7) is -0.0402. The van der Waals surface area contributed by atoms with E-state index in [9.17, 15) is 8.42 Å². The molecule has 1 heterocycles. The van der Waals surface area contributed by atoms with Gasteiger partial charge in [-0.25, -0.2) is 13.4 Å². The molecule has 0 unspecified atom stereocenters. The summed E-state index contributed by atoms with van der Waals surface area (Å²) >= 11 is 0. The molecule has 0 spiro atoms. The van der Waals surface area contributed by atoms with E-state index in [-0.39, 0.29) is 12.4 Å². The van der Waals surface area contributed by atoms with Gasteiger partial charge in [0.25, 0.3) is 0 Å². The third-order valence-electron chi connectivity index (χ3n) is 1.72. The fourth-order valence-corrected chi connectivity index (χ4v) is 1.72. The number of aromatic nitrogens is 1. The maximum Gasteiger partial charge on any atom is 0.247 e. The third kappa shape index (κ3) is 4.83. The van der Waals surface area contributed by atoms with Gasteiger partial charge in [-0.1, -0.05) is 12.0 Å². The van der Waals surface area contributed by atoms with Gasteiger partial charge in [-0.15, -0.1) is 0 Å². The Morgan fingerprint density at radius 1 is 1.44 bits per heavy atom. The van der Waals surface area contributed by atoms with Gasteiger partial charge in [0.2, 0.25) is 10.0 Å². The van der Waals surface area contributed by atoms with E-state index in [4.69, 9.17) is 10.4 Å². The molecule has 7 heteroatoms. The summed E-state index contributed by atoms with van der Waals surface area (Å²) in [5, 5.41) is 16.9. The molecule has 0 aliphatic rings. The maximum atomic E-state index is 11.3. The second-order valence-electron chi connectivity index (χ2n) is 3.20. The monoisotopic (exact) mass is 265 g/mol.